The molecular formula is C12H26N2O2. The summed E-state index contributed by atoms with van der Waals surface area (Å²) in [5.41, 5.74) is 4.60. The Morgan fingerprint density at radius 1 is 1.31 bits per heavy atom. The van der Waals surface area contributed by atoms with E-state index in [1.165, 1.54) is 12.8 Å². The molecule has 0 spiro atoms. The van der Waals surface area contributed by atoms with Gasteiger partial charge in [0, 0.05) is 0 Å². The molecule has 0 aliphatic rings. The average Bonchev–Trinajstić information content (AvgIpc) is 2.25. The highest BCUT2D eigenvalue weighted by atomic mass is 16.4. The highest BCUT2D eigenvalue weighted by molar-refractivity contribution is 5.78. The summed E-state index contributed by atoms with van der Waals surface area (Å²) in [5, 5.41) is 12.3. The number of carboxylic acid groups (broad SMARTS) is 1. The molecule has 0 aliphatic carbocycles. The molecule has 0 aromatic heterocycles. The predicted molar refractivity (Wildman–Crippen MR) is 66.5 cm³/mol. The van der Waals surface area contributed by atoms with Gasteiger partial charge >= 0.3 is 5.97 Å². The second-order valence-electron chi connectivity index (χ2n) is 4.52. The standard InChI is InChI=1S/C12H26N2O2/c1-3-4-5-6-8-12(2,11(15)16)14-10-7-9-13/h14H,3-10,13H2,1-2H3,(H,15,16). The van der Waals surface area contributed by atoms with Crippen molar-refractivity contribution in [2.75, 3.05) is 13.1 Å². The van der Waals surface area contributed by atoms with Crippen molar-refractivity contribution < 1.29 is 9.90 Å². The summed E-state index contributed by atoms with van der Waals surface area (Å²) in [6, 6.07) is 0. The number of hydrogen-bond donors (Lipinski definition) is 3. The normalized spacial score (nSPS) is 14.7. The van der Waals surface area contributed by atoms with E-state index in [0.29, 0.717) is 19.5 Å². The Balaban J connectivity index is 3.96. The van der Waals surface area contributed by atoms with Crippen molar-refractivity contribution in [1.29, 1.82) is 0 Å². The number of hydrogen-bond acceptors (Lipinski definition) is 3. The van der Waals surface area contributed by atoms with Gasteiger partial charge in [0.2, 0.25) is 0 Å². The van der Waals surface area contributed by atoms with Crippen LogP contribution in [-0.2, 0) is 4.79 Å². The van der Waals surface area contributed by atoms with Crippen molar-refractivity contribution in [2.45, 2.75) is 57.9 Å². The van der Waals surface area contributed by atoms with Crippen LogP contribution in [0.1, 0.15) is 52.4 Å². The van der Waals surface area contributed by atoms with Gasteiger partial charge < -0.3 is 16.2 Å². The molecule has 0 bridgehead atoms. The second kappa shape index (κ2) is 8.53. The first-order valence-electron chi connectivity index (χ1n) is 6.25. The first-order valence-corrected chi connectivity index (χ1v) is 6.25. The van der Waals surface area contributed by atoms with Gasteiger partial charge in [-0.3, -0.25) is 4.79 Å². The summed E-state index contributed by atoms with van der Waals surface area (Å²) in [6.45, 7) is 5.18. The highest BCUT2D eigenvalue weighted by Crippen LogP contribution is 2.15. The van der Waals surface area contributed by atoms with E-state index in [1.807, 2.05) is 0 Å². The van der Waals surface area contributed by atoms with Crippen LogP contribution in [-0.4, -0.2) is 29.7 Å². The third kappa shape index (κ3) is 6.08. The minimum Gasteiger partial charge on any atom is -0.480 e. The van der Waals surface area contributed by atoms with Gasteiger partial charge in [0.1, 0.15) is 5.54 Å². The number of nitrogens with two attached hydrogens (primary N) is 1. The molecular weight excluding hydrogens is 204 g/mol. The number of unbranched alkanes of at least 4 members (excludes halogenated alkanes) is 3. The van der Waals surface area contributed by atoms with Crippen molar-refractivity contribution in [1.82, 2.24) is 5.32 Å². The van der Waals surface area contributed by atoms with E-state index < -0.39 is 11.5 Å². The zero-order valence-electron chi connectivity index (χ0n) is 10.6. The monoisotopic (exact) mass is 230 g/mol. The lowest BCUT2D eigenvalue weighted by Gasteiger charge is -2.26. The van der Waals surface area contributed by atoms with E-state index in [9.17, 15) is 9.90 Å². The lowest BCUT2D eigenvalue weighted by atomic mass is 9.94. The predicted octanol–water partition coefficient (Wildman–Crippen LogP) is 1.74. The van der Waals surface area contributed by atoms with Gasteiger partial charge in [-0.05, 0) is 32.9 Å². The molecule has 0 rings (SSSR count). The second-order valence-corrected chi connectivity index (χ2v) is 4.52. The SMILES string of the molecule is CCCCCCC(C)(NCCCN)C(=O)O. The fourth-order valence-corrected chi connectivity index (χ4v) is 1.64. The molecule has 0 heterocycles. The van der Waals surface area contributed by atoms with E-state index in [0.717, 1.165) is 19.3 Å². The van der Waals surface area contributed by atoms with Gasteiger partial charge in [-0.2, -0.15) is 0 Å². The smallest absolute Gasteiger partial charge is 0.323 e. The fourth-order valence-electron chi connectivity index (χ4n) is 1.64. The Hall–Kier alpha value is -0.610. The molecule has 0 saturated carbocycles. The zero-order valence-corrected chi connectivity index (χ0v) is 10.6. The largest absolute Gasteiger partial charge is 0.480 e. The van der Waals surface area contributed by atoms with E-state index >= 15 is 0 Å². The Morgan fingerprint density at radius 3 is 2.50 bits per heavy atom. The number of nitrogens with one attached hydrogen (secondary N) is 1. The molecule has 4 N–H and O–H groups in total. The van der Waals surface area contributed by atoms with Crippen molar-refractivity contribution in [3.05, 3.63) is 0 Å². The van der Waals surface area contributed by atoms with Crippen molar-refractivity contribution in [2.24, 2.45) is 5.73 Å². The molecule has 0 aromatic carbocycles. The molecule has 0 aromatic rings. The Kier molecular flexibility index (Phi) is 8.21. The summed E-state index contributed by atoms with van der Waals surface area (Å²) in [5.74, 6) is -0.763. The molecule has 1 atom stereocenters. The third-order valence-corrected chi connectivity index (χ3v) is 2.90. The van der Waals surface area contributed by atoms with E-state index in [2.05, 4.69) is 12.2 Å². The minimum atomic E-state index is -0.789. The Bertz CT molecular complexity index is 197. The van der Waals surface area contributed by atoms with Crippen LogP contribution >= 0.6 is 0 Å². The summed E-state index contributed by atoms with van der Waals surface area (Å²) in [4.78, 5) is 11.2. The lowest BCUT2D eigenvalue weighted by molar-refractivity contribution is -0.144. The van der Waals surface area contributed by atoms with Crippen molar-refractivity contribution in [3.63, 3.8) is 0 Å². The van der Waals surface area contributed by atoms with Crippen LogP contribution in [0.3, 0.4) is 0 Å². The maximum absolute atomic E-state index is 11.2. The summed E-state index contributed by atoms with van der Waals surface area (Å²) in [6.07, 6.45) is 5.93. The average molecular weight is 230 g/mol. The molecule has 4 heteroatoms. The van der Waals surface area contributed by atoms with Crippen LogP contribution in [0.5, 0.6) is 0 Å². The van der Waals surface area contributed by atoms with Gasteiger partial charge in [0.25, 0.3) is 0 Å². The molecule has 1 unspecified atom stereocenters. The molecule has 16 heavy (non-hydrogen) atoms. The molecule has 0 amide bonds. The zero-order chi connectivity index (χ0) is 12.4. The Labute approximate surface area is 98.6 Å². The highest BCUT2D eigenvalue weighted by Gasteiger charge is 2.31. The van der Waals surface area contributed by atoms with Gasteiger partial charge in [-0.1, -0.05) is 32.6 Å². The van der Waals surface area contributed by atoms with Crippen LogP contribution in [0.15, 0.2) is 0 Å². The summed E-state index contributed by atoms with van der Waals surface area (Å²) >= 11 is 0. The van der Waals surface area contributed by atoms with Crippen LogP contribution < -0.4 is 11.1 Å². The topological polar surface area (TPSA) is 75.3 Å². The first-order chi connectivity index (χ1) is 7.56. The summed E-state index contributed by atoms with van der Waals surface area (Å²) < 4.78 is 0. The maximum Gasteiger partial charge on any atom is 0.323 e. The van der Waals surface area contributed by atoms with Crippen molar-refractivity contribution >= 4 is 5.97 Å². The maximum atomic E-state index is 11.2. The number of carbonyl (C=O) groups is 1. The number of carboxylic acids is 1. The van der Waals surface area contributed by atoms with Gasteiger partial charge in [0.05, 0.1) is 0 Å². The van der Waals surface area contributed by atoms with E-state index in [-0.39, 0.29) is 0 Å². The van der Waals surface area contributed by atoms with Crippen LogP contribution in [0.2, 0.25) is 0 Å². The molecule has 0 fully saturated rings. The Morgan fingerprint density at radius 2 is 2.00 bits per heavy atom. The lowest BCUT2D eigenvalue weighted by Crippen LogP contribution is -2.50. The van der Waals surface area contributed by atoms with Gasteiger partial charge in [0.15, 0.2) is 0 Å². The molecule has 0 radical (unpaired) electrons. The number of aliphatic carboxylic acids is 1. The quantitative estimate of drug-likeness (QED) is 0.500. The van der Waals surface area contributed by atoms with Gasteiger partial charge in [-0.25, -0.2) is 0 Å². The molecule has 96 valence electrons. The van der Waals surface area contributed by atoms with E-state index in [1.54, 1.807) is 6.92 Å². The first kappa shape index (κ1) is 15.4. The van der Waals surface area contributed by atoms with Crippen LogP contribution in [0, 0.1) is 0 Å². The fraction of sp³-hybridized carbons (Fsp3) is 0.917. The molecule has 0 aliphatic heterocycles. The van der Waals surface area contributed by atoms with Crippen LogP contribution in [0.25, 0.3) is 0 Å². The molecule has 4 nitrogen and oxygen atoms in total. The third-order valence-electron chi connectivity index (χ3n) is 2.90. The van der Waals surface area contributed by atoms with E-state index in [4.69, 9.17) is 5.73 Å². The van der Waals surface area contributed by atoms with Gasteiger partial charge in [-0.15, -0.1) is 0 Å². The number of rotatable bonds is 10. The molecule has 0 saturated heterocycles. The van der Waals surface area contributed by atoms with Crippen LogP contribution in [0.4, 0.5) is 0 Å². The van der Waals surface area contributed by atoms with Crippen molar-refractivity contribution in [3.8, 4) is 0 Å². The minimum absolute atomic E-state index is 0.596. The summed E-state index contributed by atoms with van der Waals surface area (Å²) in [7, 11) is 0.